The fourth-order valence-corrected chi connectivity index (χ4v) is 3.33. The Morgan fingerprint density at radius 2 is 1.52 bits per heavy atom. The van der Waals surface area contributed by atoms with Gasteiger partial charge in [0.1, 0.15) is 5.00 Å². The topological polar surface area (TPSA) is 127 Å². The van der Waals surface area contributed by atoms with E-state index in [1.807, 2.05) is 27.7 Å². The summed E-state index contributed by atoms with van der Waals surface area (Å²) in [6, 6.07) is 0.568. The summed E-state index contributed by atoms with van der Waals surface area (Å²) in [5.74, 6) is 0.0354. The van der Waals surface area contributed by atoms with E-state index >= 15 is 0 Å². The van der Waals surface area contributed by atoms with E-state index < -0.39 is 11.9 Å². The lowest BCUT2D eigenvalue weighted by Crippen LogP contribution is -2.21. The van der Waals surface area contributed by atoms with Crippen molar-refractivity contribution in [1.29, 1.82) is 0 Å². The molecule has 1 aromatic heterocycles. The molecule has 0 saturated heterocycles. The predicted octanol–water partition coefficient (Wildman–Crippen LogP) is 4.94. The van der Waals surface area contributed by atoms with Crippen molar-refractivity contribution in [2.45, 2.75) is 73.6 Å². The number of thiophene rings is 1. The van der Waals surface area contributed by atoms with E-state index in [2.05, 4.69) is 17.6 Å². The smallest absolute Gasteiger partial charge is 0.317 e. The molecule has 1 aromatic rings. The molecule has 1 heterocycles. The van der Waals surface area contributed by atoms with Gasteiger partial charge in [-0.3, -0.25) is 14.9 Å². The molecule has 1 aliphatic rings. The minimum Gasteiger partial charge on any atom is -0.366 e. The van der Waals surface area contributed by atoms with E-state index in [0.717, 1.165) is 17.3 Å². The first-order valence-electron chi connectivity index (χ1n) is 9.57. The van der Waals surface area contributed by atoms with Gasteiger partial charge in [-0.1, -0.05) is 78.1 Å². The van der Waals surface area contributed by atoms with Crippen LogP contribution in [0.5, 0.6) is 0 Å². The zero-order valence-corrected chi connectivity index (χ0v) is 18.3. The summed E-state index contributed by atoms with van der Waals surface area (Å²) in [6.07, 6.45) is 7.44. The third-order valence-corrected chi connectivity index (χ3v) is 4.39. The molecule has 4 amide bonds. The van der Waals surface area contributed by atoms with Gasteiger partial charge in [-0.05, 0) is 12.0 Å². The second-order valence-electron chi connectivity index (χ2n) is 5.63. The number of nitrogens with two attached hydrogens (primary N) is 2. The molecule has 1 aliphatic carbocycles. The van der Waals surface area contributed by atoms with Gasteiger partial charge in [-0.25, -0.2) is 4.79 Å². The largest absolute Gasteiger partial charge is 0.366 e. The minimum absolute atomic E-state index is 0.104. The number of urea groups is 1. The zero-order chi connectivity index (χ0) is 21.4. The van der Waals surface area contributed by atoms with Crippen molar-refractivity contribution in [3.63, 3.8) is 0 Å². The fourth-order valence-electron chi connectivity index (χ4n) is 2.32. The number of hydrogen-bond acceptors (Lipinski definition) is 4. The van der Waals surface area contributed by atoms with E-state index in [9.17, 15) is 14.4 Å². The van der Waals surface area contributed by atoms with Gasteiger partial charge < -0.3 is 16.8 Å². The molecule has 0 aromatic carbocycles. The van der Waals surface area contributed by atoms with Crippen LogP contribution in [0.3, 0.4) is 0 Å². The summed E-state index contributed by atoms with van der Waals surface area (Å²) in [6.45, 7) is 11.7. The summed E-state index contributed by atoms with van der Waals surface area (Å²) in [5.41, 5.74) is 10.1. The molecule has 7 nitrogen and oxygen atoms in total. The Morgan fingerprint density at radius 1 is 1.00 bits per heavy atom. The molecule has 0 radical (unpaired) electrons. The Hall–Kier alpha value is -2.09. The first kappa shape index (κ1) is 27.1. The van der Waals surface area contributed by atoms with Crippen LogP contribution in [0, 0.1) is 5.92 Å². The van der Waals surface area contributed by atoms with Crippen molar-refractivity contribution in [3.8, 4) is 0 Å². The monoisotopic (exact) mass is 400 g/mol. The third kappa shape index (κ3) is 12.8. The summed E-state index contributed by atoms with van der Waals surface area (Å²) in [4.78, 5) is 32.5. The maximum absolute atomic E-state index is 11.0. The van der Waals surface area contributed by atoms with Crippen LogP contribution in [0.25, 0.3) is 0 Å². The normalized spacial score (nSPS) is 12.7. The van der Waals surface area contributed by atoms with Crippen LogP contribution in [0.2, 0.25) is 0 Å². The molecule has 1 fully saturated rings. The standard InChI is InChI=1S/C8H10N4O3S.C7H14.2C2H6/c1-3(13)11-5-2-4(6(9)14)7(16-5)12-8(10)15;1-7-5-3-2-4-6-7;2*1-2/h2H,1H3,(H2,9,14)(H,11,13)(H3,10,12,15);7H,2-6H2,1H3;2*1-2H3. The molecule has 0 unspecified atom stereocenters. The number of primary amides is 2. The second kappa shape index (κ2) is 16.1. The second-order valence-corrected chi connectivity index (χ2v) is 6.68. The summed E-state index contributed by atoms with van der Waals surface area (Å²) < 4.78 is 0. The molecule has 2 rings (SSSR count). The van der Waals surface area contributed by atoms with Crippen molar-refractivity contribution in [1.82, 2.24) is 0 Å². The molecule has 6 N–H and O–H groups in total. The molecule has 8 heteroatoms. The SMILES string of the molecule is CC.CC.CC(=O)Nc1cc(C(N)=O)c(NC(N)=O)s1.CC1CCCCC1. The number of hydrogen-bond donors (Lipinski definition) is 4. The van der Waals surface area contributed by atoms with Gasteiger partial charge >= 0.3 is 6.03 Å². The number of rotatable bonds is 3. The first-order valence-corrected chi connectivity index (χ1v) is 10.4. The van der Waals surface area contributed by atoms with Crippen molar-refractivity contribution in [2.75, 3.05) is 10.6 Å². The number of carbonyl (C=O) groups is 3. The van der Waals surface area contributed by atoms with E-state index in [-0.39, 0.29) is 16.5 Å². The van der Waals surface area contributed by atoms with Crippen molar-refractivity contribution in [3.05, 3.63) is 11.6 Å². The van der Waals surface area contributed by atoms with Crippen LogP contribution >= 0.6 is 11.3 Å². The molecular formula is C19H36N4O3S. The minimum atomic E-state index is -0.807. The number of anilines is 2. The van der Waals surface area contributed by atoms with Crippen molar-refractivity contribution in [2.24, 2.45) is 17.4 Å². The third-order valence-electron chi connectivity index (χ3n) is 3.43. The maximum atomic E-state index is 11.0. The highest BCUT2D eigenvalue weighted by molar-refractivity contribution is 7.20. The van der Waals surface area contributed by atoms with Gasteiger partial charge in [0.25, 0.3) is 5.91 Å². The van der Waals surface area contributed by atoms with Crippen LogP contribution in [0.15, 0.2) is 6.07 Å². The molecule has 0 aliphatic heterocycles. The predicted molar refractivity (Wildman–Crippen MR) is 115 cm³/mol. The Bertz CT molecular complexity index is 567. The molecule has 27 heavy (non-hydrogen) atoms. The average molecular weight is 401 g/mol. The molecule has 0 atom stereocenters. The van der Waals surface area contributed by atoms with Crippen LogP contribution in [-0.2, 0) is 4.79 Å². The lowest BCUT2D eigenvalue weighted by Gasteiger charge is -2.15. The number of carbonyl (C=O) groups excluding carboxylic acids is 3. The molecule has 0 bridgehead atoms. The van der Waals surface area contributed by atoms with E-state index in [4.69, 9.17) is 11.5 Å². The Kier molecular flexibility index (Phi) is 16.2. The van der Waals surface area contributed by atoms with E-state index in [0.29, 0.717) is 5.00 Å². The Morgan fingerprint density at radius 3 is 1.85 bits per heavy atom. The highest BCUT2D eigenvalue weighted by Gasteiger charge is 2.15. The van der Waals surface area contributed by atoms with Gasteiger partial charge in [-0.2, -0.15) is 0 Å². The average Bonchev–Trinajstić information content (AvgIpc) is 3.01. The molecule has 156 valence electrons. The summed E-state index contributed by atoms with van der Waals surface area (Å²) in [7, 11) is 0. The lowest BCUT2D eigenvalue weighted by atomic mass is 9.91. The fraction of sp³-hybridized carbons (Fsp3) is 0.632. The van der Waals surface area contributed by atoms with Gasteiger partial charge in [0.05, 0.1) is 10.6 Å². The number of nitrogens with one attached hydrogen (secondary N) is 2. The van der Waals surface area contributed by atoms with Crippen LogP contribution < -0.4 is 22.1 Å². The van der Waals surface area contributed by atoms with Gasteiger partial charge in [0, 0.05) is 6.92 Å². The van der Waals surface area contributed by atoms with Crippen molar-refractivity contribution >= 4 is 39.2 Å². The zero-order valence-electron chi connectivity index (χ0n) is 17.5. The molecule has 1 saturated carbocycles. The van der Waals surface area contributed by atoms with Crippen LogP contribution in [0.1, 0.15) is 84.0 Å². The van der Waals surface area contributed by atoms with Crippen molar-refractivity contribution < 1.29 is 14.4 Å². The first-order chi connectivity index (χ1) is 12.8. The van der Waals surface area contributed by atoms with Crippen LogP contribution in [0.4, 0.5) is 14.8 Å². The molecule has 0 spiro atoms. The highest BCUT2D eigenvalue weighted by Crippen LogP contribution is 2.31. The van der Waals surface area contributed by atoms with Gasteiger partial charge in [0.2, 0.25) is 5.91 Å². The van der Waals surface area contributed by atoms with E-state index in [1.165, 1.54) is 45.1 Å². The lowest BCUT2D eigenvalue weighted by molar-refractivity contribution is -0.114. The van der Waals surface area contributed by atoms with Gasteiger partial charge in [0.15, 0.2) is 0 Å². The van der Waals surface area contributed by atoms with Gasteiger partial charge in [-0.15, -0.1) is 0 Å². The highest BCUT2D eigenvalue weighted by atomic mass is 32.1. The van der Waals surface area contributed by atoms with Crippen LogP contribution in [-0.4, -0.2) is 17.8 Å². The number of amides is 4. The Balaban J connectivity index is 0. The Labute approximate surface area is 167 Å². The molecular weight excluding hydrogens is 364 g/mol. The quantitative estimate of drug-likeness (QED) is 0.574. The summed E-state index contributed by atoms with van der Waals surface area (Å²) in [5, 5.41) is 5.35. The summed E-state index contributed by atoms with van der Waals surface area (Å²) >= 11 is 1.000. The maximum Gasteiger partial charge on any atom is 0.317 e. The van der Waals surface area contributed by atoms with E-state index in [1.54, 1.807) is 0 Å².